The average Bonchev–Trinajstić information content (AvgIpc) is 2.17. The molecule has 1 aliphatic rings. The highest BCUT2D eigenvalue weighted by Crippen LogP contribution is 2.25. The third kappa shape index (κ3) is 1.68. The summed E-state index contributed by atoms with van der Waals surface area (Å²) in [7, 11) is 0. The summed E-state index contributed by atoms with van der Waals surface area (Å²) in [6.45, 7) is 5.97. The molecule has 0 aliphatic carbocycles. The van der Waals surface area contributed by atoms with Gasteiger partial charge in [0, 0.05) is 12.1 Å². The van der Waals surface area contributed by atoms with Crippen LogP contribution in [0.3, 0.4) is 0 Å². The minimum atomic E-state index is 0.590. The first-order valence-electron chi connectivity index (χ1n) is 4.73. The molecule has 13 heavy (non-hydrogen) atoms. The van der Waals surface area contributed by atoms with E-state index in [1.165, 1.54) is 11.1 Å². The van der Waals surface area contributed by atoms with Crippen molar-refractivity contribution >= 4 is 0 Å². The monoisotopic (exact) mass is 177 g/mol. The summed E-state index contributed by atoms with van der Waals surface area (Å²) >= 11 is 0. The van der Waals surface area contributed by atoms with E-state index in [0.717, 1.165) is 12.3 Å². The van der Waals surface area contributed by atoms with Gasteiger partial charge in [-0.1, -0.05) is 26.0 Å². The Morgan fingerprint density at radius 2 is 2.23 bits per heavy atom. The van der Waals surface area contributed by atoms with E-state index in [4.69, 9.17) is 4.74 Å². The van der Waals surface area contributed by atoms with Crippen molar-refractivity contribution in [1.82, 2.24) is 5.32 Å². The highest BCUT2D eigenvalue weighted by Gasteiger charge is 2.10. The molecule has 0 atom stereocenters. The Bertz CT molecular complexity index is 307. The molecule has 0 amide bonds. The minimum Gasteiger partial charge on any atom is -0.478 e. The van der Waals surface area contributed by atoms with Crippen LogP contribution in [0.2, 0.25) is 0 Å². The van der Waals surface area contributed by atoms with Crippen molar-refractivity contribution in [3.05, 3.63) is 29.3 Å². The van der Waals surface area contributed by atoms with Crippen molar-refractivity contribution in [2.75, 3.05) is 6.73 Å². The number of fused-ring (bicyclic) bond motifs is 1. The normalized spacial score (nSPS) is 15.3. The third-order valence-electron chi connectivity index (χ3n) is 2.40. The summed E-state index contributed by atoms with van der Waals surface area (Å²) in [6.07, 6.45) is 0. The van der Waals surface area contributed by atoms with Crippen LogP contribution in [0.5, 0.6) is 5.75 Å². The first-order valence-corrected chi connectivity index (χ1v) is 4.73. The van der Waals surface area contributed by atoms with Crippen molar-refractivity contribution in [1.29, 1.82) is 0 Å². The van der Waals surface area contributed by atoms with Gasteiger partial charge in [-0.3, -0.25) is 5.32 Å². The Labute approximate surface area is 78.9 Å². The van der Waals surface area contributed by atoms with E-state index < -0.39 is 0 Å². The largest absolute Gasteiger partial charge is 0.478 e. The number of hydrogen-bond donors (Lipinski definition) is 1. The predicted molar refractivity (Wildman–Crippen MR) is 52.9 cm³/mol. The van der Waals surface area contributed by atoms with E-state index >= 15 is 0 Å². The van der Waals surface area contributed by atoms with Gasteiger partial charge in [0.05, 0.1) is 0 Å². The standard InChI is InChI=1S/C11H15NO/c1-8(2)9-3-4-11-10(5-9)6-12-7-13-11/h3-5,8,12H,6-7H2,1-2H3. The zero-order valence-electron chi connectivity index (χ0n) is 8.13. The van der Waals surface area contributed by atoms with Crippen molar-refractivity contribution < 1.29 is 4.74 Å². The highest BCUT2D eigenvalue weighted by atomic mass is 16.5. The first-order chi connectivity index (χ1) is 6.27. The molecule has 1 aliphatic heterocycles. The molecule has 70 valence electrons. The molecule has 1 heterocycles. The molecule has 1 aromatic rings. The number of rotatable bonds is 1. The zero-order valence-corrected chi connectivity index (χ0v) is 8.13. The Morgan fingerprint density at radius 3 is 3.00 bits per heavy atom. The number of ether oxygens (including phenoxy) is 1. The molecule has 0 fully saturated rings. The maximum atomic E-state index is 5.45. The van der Waals surface area contributed by atoms with E-state index in [9.17, 15) is 0 Å². The van der Waals surface area contributed by atoms with Gasteiger partial charge in [0.1, 0.15) is 12.5 Å². The van der Waals surface area contributed by atoms with Gasteiger partial charge in [0.2, 0.25) is 0 Å². The molecule has 0 saturated carbocycles. The summed E-state index contributed by atoms with van der Waals surface area (Å²) < 4.78 is 5.45. The quantitative estimate of drug-likeness (QED) is 0.710. The lowest BCUT2D eigenvalue weighted by molar-refractivity contribution is 0.257. The maximum absolute atomic E-state index is 5.45. The lowest BCUT2D eigenvalue weighted by Gasteiger charge is -2.19. The van der Waals surface area contributed by atoms with Gasteiger partial charge >= 0.3 is 0 Å². The van der Waals surface area contributed by atoms with Crippen LogP contribution >= 0.6 is 0 Å². The Hall–Kier alpha value is -1.02. The molecule has 0 unspecified atom stereocenters. The van der Waals surface area contributed by atoms with Crippen molar-refractivity contribution in [3.63, 3.8) is 0 Å². The molecule has 2 heteroatoms. The number of hydrogen-bond acceptors (Lipinski definition) is 2. The van der Waals surface area contributed by atoms with Crippen LogP contribution in [-0.4, -0.2) is 6.73 Å². The second-order valence-electron chi connectivity index (χ2n) is 3.74. The smallest absolute Gasteiger partial charge is 0.139 e. The van der Waals surface area contributed by atoms with Crippen LogP contribution in [0.1, 0.15) is 30.9 Å². The van der Waals surface area contributed by atoms with E-state index in [1.54, 1.807) is 0 Å². The van der Waals surface area contributed by atoms with Crippen LogP contribution in [0.15, 0.2) is 18.2 Å². The van der Waals surface area contributed by atoms with Crippen molar-refractivity contribution in [2.45, 2.75) is 26.3 Å². The van der Waals surface area contributed by atoms with Crippen LogP contribution in [0.4, 0.5) is 0 Å². The lowest BCUT2D eigenvalue weighted by Crippen LogP contribution is -2.25. The van der Waals surface area contributed by atoms with Gasteiger partial charge in [-0.25, -0.2) is 0 Å². The zero-order chi connectivity index (χ0) is 9.26. The van der Waals surface area contributed by atoms with Gasteiger partial charge < -0.3 is 4.74 Å². The third-order valence-corrected chi connectivity index (χ3v) is 2.40. The molecule has 0 aromatic heterocycles. The van der Waals surface area contributed by atoms with E-state index in [1.807, 2.05) is 0 Å². The van der Waals surface area contributed by atoms with Gasteiger partial charge in [-0.05, 0) is 17.5 Å². The molecule has 0 bridgehead atoms. The van der Waals surface area contributed by atoms with Crippen LogP contribution in [0, 0.1) is 0 Å². The maximum Gasteiger partial charge on any atom is 0.139 e. The predicted octanol–water partition coefficient (Wildman–Crippen LogP) is 2.25. The highest BCUT2D eigenvalue weighted by molar-refractivity contribution is 5.39. The summed E-state index contributed by atoms with van der Waals surface area (Å²) in [4.78, 5) is 0. The average molecular weight is 177 g/mol. The molecule has 0 saturated heterocycles. The Morgan fingerprint density at radius 1 is 1.38 bits per heavy atom. The minimum absolute atomic E-state index is 0.590. The van der Waals surface area contributed by atoms with Crippen molar-refractivity contribution in [3.8, 4) is 5.75 Å². The molecule has 0 radical (unpaired) electrons. The van der Waals surface area contributed by atoms with E-state index in [0.29, 0.717) is 12.6 Å². The van der Waals surface area contributed by atoms with Crippen LogP contribution < -0.4 is 10.1 Å². The number of nitrogens with one attached hydrogen (secondary N) is 1. The second-order valence-corrected chi connectivity index (χ2v) is 3.74. The van der Waals surface area contributed by atoms with Crippen molar-refractivity contribution in [2.24, 2.45) is 0 Å². The molecule has 1 aromatic carbocycles. The fraction of sp³-hybridized carbons (Fsp3) is 0.455. The molecular formula is C11H15NO. The van der Waals surface area contributed by atoms with Gasteiger partial charge in [0.15, 0.2) is 0 Å². The molecular weight excluding hydrogens is 162 g/mol. The lowest BCUT2D eigenvalue weighted by atomic mass is 10.00. The SMILES string of the molecule is CC(C)c1ccc2c(c1)CNCO2. The summed E-state index contributed by atoms with van der Waals surface area (Å²) in [6, 6.07) is 6.45. The first kappa shape index (κ1) is 8.57. The van der Waals surface area contributed by atoms with Gasteiger partial charge in [-0.2, -0.15) is 0 Å². The molecule has 2 rings (SSSR count). The fourth-order valence-electron chi connectivity index (χ4n) is 1.55. The Kier molecular flexibility index (Phi) is 2.23. The topological polar surface area (TPSA) is 21.3 Å². The fourth-order valence-corrected chi connectivity index (χ4v) is 1.55. The van der Waals surface area contributed by atoms with E-state index in [2.05, 4.69) is 37.4 Å². The molecule has 1 N–H and O–H groups in total. The van der Waals surface area contributed by atoms with Gasteiger partial charge in [0.25, 0.3) is 0 Å². The Balaban J connectivity index is 2.35. The molecule has 0 spiro atoms. The summed E-state index contributed by atoms with van der Waals surface area (Å²) in [5.41, 5.74) is 2.66. The summed E-state index contributed by atoms with van der Waals surface area (Å²) in [5.74, 6) is 1.62. The number of benzene rings is 1. The second kappa shape index (κ2) is 3.38. The molecule has 2 nitrogen and oxygen atoms in total. The van der Waals surface area contributed by atoms with Crippen LogP contribution in [0.25, 0.3) is 0 Å². The summed E-state index contributed by atoms with van der Waals surface area (Å²) in [5, 5.41) is 3.18. The van der Waals surface area contributed by atoms with E-state index in [-0.39, 0.29) is 0 Å². The van der Waals surface area contributed by atoms with Crippen LogP contribution in [-0.2, 0) is 6.54 Å². The van der Waals surface area contributed by atoms with Gasteiger partial charge in [-0.15, -0.1) is 0 Å².